The number of hydrogen-bond acceptors (Lipinski definition) is 9. The van der Waals surface area contributed by atoms with Gasteiger partial charge >= 0.3 is 11.8 Å². The van der Waals surface area contributed by atoms with Crippen LogP contribution in [-0.2, 0) is 11.2 Å². The summed E-state index contributed by atoms with van der Waals surface area (Å²) in [6.07, 6.45) is 4.90. The lowest BCUT2D eigenvalue weighted by Crippen LogP contribution is -2.39. The fourth-order valence-corrected chi connectivity index (χ4v) is 3.92. The van der Waals surface area contributed by atoms with Gasteiger partial charge in [0, 0.05) is 32.7 Å². The molecule has 0 unspecified atom stereocenters. The molecule has 0 radical (unpaired) electrons. The van der Waals surface area contributed by atoms with Gasteiger partial charge in [0.05, 0.1) is 0 Å². The summed E-state index contributed by atoms with van der Waals surface area (Å²) in [5, 5.41) is 3.91. The number of ether oxygens (including phenoxy) is 1. The van der Waals surface area contributed by atoms with Crippen LogP contribution in [0.4, 0.5) is 5.95 Å². The molecule has 5 rings (SSSR count). The summed E-state index contributed by atoms with van der Waals surface area (Å²) in [6, 6.07) is 9.80. The van der Waals surface area contributed by atoms with E-state index in [0.717, 1.165) is 37.5 Å². The van der Waals surface area contributed by atoms with Gasteiger partial charge in [-0.3, -0.25) is 4.79 Å². The quantitative estimate of drug-likeness (QED) is 0.550. The van der Waals surface area contributed by atoms with Gasteiger partial charge in [-0.2, -0.15) is 15.0 Å². The SMILES string of the molecule is Nc1nc(Cc2ccccc2)nc(-c2noc(C(=O)N3CCC(COCC4CC4)CC3)n2)n1. The second-order valence-corrected chi connectivity index (χ2v) is 8.74. The monoisotopic (exact) mass is 449 g/mol. The van der Waals surface area contributed by atoms with Gasteiger partial charge in [0.1, 0.15) is 5.82 Å². The molecule has 1 aromatic carbocycles. The summed E-state index contributed by atoms with van der Waals surface area (Å²) in [7, 11) is 0. The van der Waals surface area contributed by atoms with E-state index in [1.54, 1.807) is 4.90 Å². The number of carbonyl (C=O) groups excluding carboxylic acids is 1. The molecule has 0 spiro atoms. The van der Waals surface area contributed by atoms with E-state index in [4.69, 9.17) is 15.0 Å². The number of nitrogen functional groups attached to an aromatic ring is 1. The zero-order chi connectivity index (χ0) is 22.6. The lowest BCUT2D eigenvalue weighted by molar-refractivity contribution is 0.0470. The Kier molecular flexibility index (Phi) is 6.25. The first-order valence-electron chi connectivity index (χ1n) is 11.4. The van der Waals surface area contributed by atoms with Crippen LogP contribution in [0.5, 0.6) is 0 Å². The molecule has 1 aliphatic carbocycles. The van der Waals surface area contributed by atoms with Crippen LogP contribution in [0.15, 0.2) is 34.9 Å². The van der Waals surface area contributed by atoms with Gasteiger partial charge < -0.3 is 19.9 Å². The fourth-order valence-electron chi connectivity index (χ4n) is 3.92. The second-order valence-electron chi connectivity index (χ2n) is 8.74. The van der Waals surface area contributed by atoms with Gasteiger partial charge in [-0.1, -0.05) is 35.5 Å². The van der Waals surface area contributed by atoms with E-state index in [1.807, 2.05) is 30.3 Å². The van der Waals surface area contributed by atoms with Gasteiger partial charge in [0.2, 0.25) is 17.6 Å². The Hall–Kier alpha value is -3.40. The number of carbonyl (C=O) groups is 1. The highest BCUT2D eigenvalue weighted by atomic mass is 16.5. The topological polar surface area (TPSA) is 133 Å². The summed E-state index contributed by atoms with van der Waals surface area (Å²) >= 11 is 0. The van der Waals surface area contributed by atoms with Crippen molar-refractivity contribution in [1.29, 1.82) is 0 Å². The molecule has 0 atom stereocenters. The number of amides is 1. The van der Waals surface area contributed by atoms with Crippen LogP contribution in [0.1, 0.15) is 47.8 Å². The predicted octanol–water partition coefficient (Wildman–Crippen LogP) is 2.37. The molecule has 1 amide bonds. The van der Waals surface area contributed by atoms with Crippen molar-refractivity contribution in [2.45, 2.75) is 32.1 Å². The molecule has 2 N–H and O–H groups in total. The molecule has 10 nitrogen and oxygen atoms in total. The highest BCUT2D eigenvalue weighted by molar-refractivity contribution is 5.90. The number of nitrogens with two attached hydrogens (primary N) is 1. The number of rotatable bonds is 8. The number of piperidine rings is 1. The van der Waals surface area contributed by atoms with E-state index in [2.05, 4.69) is 25.1 Å². The van der Waals surface area contributed by atoms with Crippen molar-refractivity contribution in [3.05, 3.63) is 47.6 Å². The van der Waals surface area contributed by atoms with E-state index >= 15 is 0 Å². The molecule has 1 saturated heterocycles. The van der Waals surface area contributed by atoms with Crippen molar-refractivity contribution >= 4 is 11.9 Å². The molecule has 0 bridgehead atoms. The molecule has 10 heteroatoms. The zero-order valence-corrected chi connectivity index (χ0v) is 18.4. The maximum Gasteiger partial charge on any atom is 0.316 e. The van der Waals surface area contributed by atoms with Crippen molar-refractivity contribution in [2.75, 3.05) is 32.0 Å². The van der Waals surface area contributed by atoms with Crippen molar-refractivity contribution in [3.8, 4) is 11.6 Å². The molecule has 3 heterocycles. The smallest absolute Gasteiger partial charge is 0.316 e. The Morgan fingerprint density at radius 1 is 0.970 bits per heavy atom. The summed E-state index contributed by atoms with van der Waals surface area (Å²) in [5.41, 5.74) is 6.91. The number of aromatic nitrogens is 5. The van der Waals surface area contributed by atoms with E-state index < -0.39 is 0 Å². The Morgan fingerprint density at radius 3 is 2.42 bits per heavy atom. The van der Waals surface area contributed by atoms with E-state index in [1.165, 1.54) is 12.8 Å². The summed E-state index contributed by atoms with van der Waals surface area (Å²) in [6.45, 7) is 2.94. The molecule has 2 aromatic heterocycles. The Balaban J connectivity index is 1.20. The van der Waals surface area contributed by atoms with Crippen LogP contribution >= 0.6 is 0 Å². The minimum atomic E-state index is -0.280. The average Bonchev–Trinajstić information content (AvgIpc) is 3.52. The van der Waals surface area contributed by atoms with Crippen LogP contribution < -0.4 is 5.73 Å². The summed E-state index contributed by atoms with van der Waals surface area (Å²) in [4.78, 5) is 31.6. The summed E-state index contributed by atoms with van der Waals surface area (Å²) in [5.74, 6) is 1.76. The lowest BCUT2D eigenvalue weighted by Gasteiger charge is -2.30. The highest BCUT2D eigenvalue weighted by Gasteiger charge is 2.29. The van der Waals surface area contributed by atoms with Crippen LogP contribution in [0, 0.1) is 11.8 Å². The third kappa shape index (κ3) is 5.51. The first-order chi connectivity index (χ1) is 16.1. The predicted molar refractivity (Wildman–Crippen MR) is 119 cm³/mol. The van der Waals surface area contributed by atoms with Crippen molar-refractivity contribution < 1.29 is 14.1 Å². The van der Waals surface area contributed by atoms with Crippen molar-refractivity contribution in [3.63, 3.8) is 0 Å². The van der Waals surface area contributed by atoms with Crippen LogP contribution in [0.2, 0.25) is 0 Å². The second kappa shape index (κ2) is 9.62. The van der Waals surface area contributed by atoms with Gasteiger partial charge in [-0.25, -0.2) is 4.98 Å². The maximum absolute atomic E-state index is 12.9. The Bertz CT molecular complexity index is 1090. The molecule has 2 fully saturated rings. The molecule has 3 aromatic rings. The molecular weight excluding hydrogens is 422 g/mol. The number of anilines is 1. The van der Waals surface area contributed by atoms with Crippen molar-refractivity contribution in [2.24, 2.45) is 11.8 Å². The largest absolute Gasteiger partial charge is 0.381 e. The first kappa shape index (κ1) is 21.4. The molecule has 1 aliphatic heterocycles. The first-order valence-corrected chi connectivity index (χ1v) is 11.4. The minimum absolute atomic E-state index is 0.0644. The summed E-state index contributed by atoms with van der Waals surface area (Å²) < 4.78 is 11.1. The van der Waals surface area contributed by atoms with Gasteiger partial charge in [0.25, 0.3) is 0 Å². The Labute approximate surface area is 191 Å². The standard InChI is InChI=1S/C23H27N7O3/c24-23-26-18(12-15-4-2-1-3-5-15)25-19(28-23)20-27-21(33-29-20)22(31)30-10-8-17(9-11-30)14-32-13-16-6-7-16/h1-5,16-17H,6-14H2,(H2,24,25,26,28). The highest BCUT2D eigenvalue weighted by Crippen LogP contribution is 2.29. The number of hydrogen-bond donors (Lipinski definition) is 1. The number of likely N-dealkylation sites (tertiary alicyclic amines) is 1. The van der Waals surface area contributed by atoms with Crippen LogP contribution in [0.25, 0.3) is 11.6 Å². The van der Waals surface area contributed by atoms with E-state index in [0.29, 0.717) is 31.3 Å². The minimum Gasteiger partial charge on any atom is -0.381 e. The van der Waals surface area contributed by atoms with E-state index in [9.17, 15) is 4.79 Å². The normalized spacial score (nSPS) is 16.8. The van der Waals surface area contributed by atoms with E-state index in [-0.39, 0.29) is 29.4 Å². The average molecular weight is 450 g/mol. The number of nitrogens with zero attached hydrogens (tertiary/aromatic N) is 6. The zero-order valence-electron chi connectivity index (χ0n) is 18.4. The molecule has 1 saturated carbocycles. The van der Waals surface area contributed by atoms with Crippen LogP contribution in [-0.4, -0.2) is 62.2 Å². The third-order valence-corrected chi connectivity index (χ3v) is 6.02. The van der Waals surface area contributed by atoms with Crippen molar-refractivity contribution in [1.82, 2.24) is 30.0 Å². The Morgan fingerprint density at radius 2 is 1.70 bits per heavy atom. The molecule has 172 valence electrons. The maximum atomic E-state index is 12.9. The third-order valence-electron chi connectivity index (χ3n) is 6.02. The molecular formula is C23H27N7O3. The van der Waals surface area contributed by atoms with Crippen LogP contribution in [0.3, 0.4) is 0 Å². The molecule has 2 aliphatic rings. The van der Waals surface area contributed by atoms with Gasteiger partial charge in [-0.05, 0) is 43.1 Å². The lowest BCUT2D eigenvalue weighted by atomic mass is 9.98. The van der Waals surface area contributed by atoms with Gasteiger partial charge in [-0.15, -0.1) is 0 Å². The fraction of sp³-hybridized carbons (Fsp3) is 0.478. The van der Waals surface area contributed by atoms with Gasteiger partial charge in [0.15, 0.2) is 0 Å². The molecule has 33 heavy (non-hydrogen) atoms. The number of benzene rings is 1.